The third kappa shape index (κ3) is 5.75. The molecule has 1 aromatic rings. The first-order valence-electron chi connectivity index (χ1n) is 5.89. The van der Waals surface area contributed by atoms with E-state index < -0.39 is 0 Å². The summed E-state index contributed by atoms with van der Waals surface area (Å²) in [6.07, 6.45) is 0.848. The number of carbonyl (C=O) groups excluding carboxylic acids is 1. The van der Waals surface area contributed by atoms with E-state index in [1.54, 1.807) is 7.11 Å². The number of rotatable bonds is 7. The molecule has 0 aliphatic heterocycles. The summed E-state index contributed by atoms with van der Waals surface area (Å²) in [5.74, 6) is -0.467. The Morgan fingerprint density at radius 1 is 1.39 bits per heavy atom. The van der Waals surface area contributed by atoms with Crippen LogP contribution in [0.2, 0.25) is 0 Å². The maximum absolute atomic E-state index is 12.7. The Balaban J connectivity index is 2.27. The van der Waals surface area contributed by atoms with Gasteiger partial charge in [-0.3, -0.25) is 4.79 Å². The van der Waals surface area contributed by atoms with Crippen LogP contribution in [0.25, 0.3) is 0 Å². The Labute approximate surface area is 107 Å². The highest BCUT2D eigenvalue weighted by Gasteiger charge is 2.05. The number of amides is 1. The third-order valence-corrected chi connectivity index (χ3v) is 2.49. The molecule has 100 valence electrons. The lowest BCUT2D eigenvalue weighted by Gasteiger charge is -2.13. The number of benzene rings is 1. The van der Waals surface area contributed by atoms with Crippen molar-refractivity contribution in [1.82, 2.24) is 5.32 Å². The summed E-state index contributed by atoms with van der Waals surface area (Å²) in [4.78, 5) is 11.6. The number of halogens is 1. The summed E-state index contributed by atoms with van der Waals surface area (Å²) >= 11 is 0. The van der Waals surface area contributed by atoms with Gasteiger partial charge in [0.2, 0.25) is 5.91 Å². The molecule has 1 aromatic carbocycles. The lowest BCUT2D eigenvalue weighted by atomic mass is 10.2. The van der Waals surface area contributed by atoms with Crippen molar-refractivity contribution in [2.45, 2.75) is 19.4 Å². The molecule has 0 fully saturated rings. The summed E-state index contributed by atoms with van der Waals surface area (Å²) in [5, 5.41) is 5.76. The molecule has 0 aromatic heterocycles. The summed E-state index contributed by atoms with van der Waals surface area (Å²) in [6.45, 7) is 2.88. The molecule has 0 radical (unpaired) electrons. The van der Waals surface area contributed by atoms with Crippen molar-refractivity contribution in [2.75, 3.05) is 25.6 Å². The van der Waals surface area contributed by atoms with Crippen LogP contribution in [0.5, 0.6) is 0 Å². The highest BCUT2D eigenvalue weighted by Crippen LogP contribution is 2.07. The first kappa shape index (κ1) is 14.6. The van der Waals surface area contributed by atoms with Crippen molar-refractivity contribution >= 4 is 11.6 Å². The van der Waals surface area contributed by atoms with Crippen LogP contribution in [-0.4, -0.2) is 32.2 Å². The van der Waals surface area contributed by atoms with E-state index >= 15 is 0 Å². The van der Waals surface area contributed by atoms with Crippen LogP contribution >= 0.6 is 0 Å². The number of nitrogens with one attached hydrogen (secondary N) is 2. The predicted molar refractivity (Wildman–Crippen MR) is 69.0 cm³/mol. The van der Waals surface area contributed by atoms with Crippen molar-refractivity contribution in [3.63, 3.8) is 0 Å². The molecule has 1 atom stereocenters. The van der Waals surface area contributed by atoms with Crippen LogP contribution in [-0.2, 0) is 9.53 Å². The Morgan fingerprint density at radius 2 is 2.06 bits per heavy atom. The van der Waals surface area contributed by atoms with Gasteiger partial charge in [-0.1, -0.05) is 0 Å². The van der Waals surface area contributed by atoms with Crippen molar-refractivity contribution in [2.24, 2.45) is 0 Å². The van der Waals surface area contributed by atoms with E-state index in [4.69, 9.17) is 4.74 Å². The van der Waals surface area contributed by atoms with Gasteiger partial charge in [0.15, 0.2) is 0 Å². The fourth-order valence-electron chi connectivity index (χ4n) is 1.40. The molecule has 1 unspecified atom stereocenters. The van der Waals surface area contributed by atoms with E-state index in [0.29, 0.717) is 12.3 Å². The molecule has 0 bridgehead atoms. The molecular formula is C13H19FN2O2. The van der Waals surface area contributed by atoms with Crippen molar-refractivity contribution in [1.29, 1.82) is 0 Å². The summed E-state index contributed by atoms with van der Waals surface area (Å²) in [7, 11) is 1.65. The number of anilines is 1. The van der Waals surface area contributed by atoms with Crippen molar-refractivity contribution in [3.05, 3.63) is 30.1 Å². The lowest BCUT2D eigenvalue weighted by molar-refractivity contribution is -0.115. The average molecular weight is 254 g/mol. The highest BCUT2D eigenvalue weighted by atomic mass is 19.1. The Kier molecular flexibility index (Phi) is 6.32. The number of hydrogen-bond acceptors (Lipinski definition) is 3. The molecule has 5 heteroatoms. The van der Waals surface area contributed by atoms with Gasteiger partial charge in [-0.15, -0.1) is 0 Å². The van der Waals surface area contributed by atoms with Gasteiger partial charge in [0.05, 0.1) is 6.54 Å². The molecule has 0 saturated carbocycles. The first-order chi connectivity index (χ1) is 8.61. The van der Waals surface area contributed by atoms with Crippen molar-refractivity contribution < 1.29 is 13.9 Å². The topological polar surface area (TPSA) is 50.4 Å². The molecule has 0 saturated heterocycles. The highest BCUT2D eigenvalue weighted by molar-refractivity contribution is 5.92. The smallest absolute Gasteiger partial charge is 0.238 e. The van der Waals surface area contributed by atoms with Crippen LogP contribution in [0.1, 0.15) is 13.3 Å². The van der Waals surface area contributed by atoms with Gasteiger partial charge >= 0.3 is 0 Å². The van der Waals surface area contributed by atoms with Gasteiger partial charge in [0.25, 0.3) is 0 Å². The second-order valence-corrected chi connectivity index (χ2v) is 4.12. The Hall–Kier alpha value is -1.46. The molecule has 4 nitrogen and oxygen atoms in total. The van der Waals surface area contributed by atoms with Crippen LogP contribution in [0.3, 0.4) is 0 Å². The largest absolute Gasteiger partial charge is 0.385 e. The second kappa shape index (κ2) is 7.79. The van der Waals surface area contributed by atoms with Gasteiger partial charge in [-0.25, -0.2) is 4.39 Å². The predicted octanol–water partition coefficient (Wildman–Crippen LogP) is 1.78. The van der Waals surface area contributed by atoms with E-state index in [-0.39, 0.29) is 24.3 Å². The van der Waals surface area contributed by atoms with E-state index in [1.807, 2.05) is 6.92 Å². The van der Waals surface area contributed by atoms with E-state index in [9.17, 15) is 9.18 Å². The second-order valence-electron chi connectivity index (χ2n) is 4.12. The quantitative estimate of drug-likeness (QED) is 0.780. The van der Waals surface area contributed by atoms with Gasteiger partial charge in [0, 0.05) is 25.4 Å². The van der Waals surface area contributed by atoms with Crippen LogP contribution in [0.15, 0.2) is 24.3 Å². The number of carbonyl (C=O) groups is 1. The van der Waals surface area contributed by atoms with E-state index in [0.717, 1.165) is 6.42 Å². The maximum atomic E-state index is 12.7. The number of methoxy groups -OCH3 is 1. The van der Waals surface area contributed by atoms with Gasteiger partial charge in [0.1, 0.15) is 5.82 Å². The normalized spacial score (nSPS) is 12.2. The average Bonchev–Trinajstić information content (AvgIpc) is 2.36. The zero-order valence-electron chi connectivity index (χ0n) is 10.7. The molecule has 18 heavy (non-hydrogen) atoms. The molecular weight excluding hydrogens is 235 g/mol. The zero-order valence-corrected chi connectivity index (χ0v) is 10.7. The standard InChI is InChI=1S/C13H19FN2O2/c1-10(7-8-18-2)15-9-13(17)16-12-5-3-11(14)4-6-12/h3-6,10,15H,7-9H2,1-2H3,(H,16,17). The van der Waals surface area contributed by atoms with Crippen LogP contribution < -0.4 is 10.6 Å². The lowest BCUT2D eigenvalue weighted by Crippen LogP contribution is -2.35. The molecule has 2 N–H and O–H groups in total. The summed E-state index contributed by atoms with van der Waals surface area (Å²) in [5.41, 5.74) is 0.591. The van der Waals surface area contributed by atoms with E-state index in [2.05, 4.69) is 10.6 Å². The maximum Gasteiger partial charge on any atom is 0.238 e. The minimum absolute atomic E-state index is 0.147. The SMILES string of the molecule is COCCC(C)NCC(=O)Nc1ccc(F)cc1. The van der Waals surface area contributed by atoms with Crippen molar-refractivity contribution in [3.8, 4) is 0 Å². The zero-order chi connectivity index (χ0) is 13.4. The summed E-state index contributed by atoms with van der Waals surface area (Å²) in [6, 6.07) is 5.89. The molecule has 0 spiro atoms. The molecule has 0 aliphatic rings. The van der Waals surface area contributed by atoms with Gasteiger partial charge in [-0.2, -0.15) is 0 Å². The van der Waals surface area contributed by atoms with Gasteiger partial charge in [-0.05, 0) is 37.6 Å². The van der Waals surface area contributed by atoms with E-state index in [1.165, 1.54) is 24.3 Å². The van der Waals surface area contributed by atoms with Gasteiger partial charge < -0.3 is 15.4 Å². The Bertz CT molecular complexity index is 368. The fraction of sp³-hybridized carbons (Fsp3) is 0.462. The Morgan fingerprint density at radius 3 is 2.67 bits per heavy atom. The fourth-order valence-corrected chi connectivity index (χ4v) is 1.40. The molecule has 1 rings (SSSR count). The monoisotopic (exact) mass is 254 g/mol. The number of ether oxygens (including phenoxy) is 1. The third-order valence-electron chi connectivity index (χ3n) is 2.49. The molecule has 1 amide bonds. The molecule has 0 aliphatic carbocycles. The number of hydrogen-bond donors (Lipinski definition) is 2. The van der Waals surface area contributed by atoms with Crippen LogP contribution in [0.4, 0.5) is 10.1 Å². The van der Waals surface area contributed by atoms with Crippen LogP contribution in [0, 0.1) is 5.82 Å². The first-order valence-corrected chi connectivity index (χ1v) is 5.89. The molecule has 0 heterocycles. The minimum atomic E-state index is -0.320. The summed E-state index contributed by atoms with van der Waals surface area (Å²) < 4.78 is 17.6. The minimum Gasteiger partial charge on any atom is -0.385 e.